The largest absolute Gasteiger partial charge is 0.373 e. The van der Waals surface area contributed by atoms with Crippen LogP contribution in [0.15, 0.2) is 48.7 Å². The maximum atomic E-state index is 4.39. The minimum Gasteiger partial charge on any atom is -0.373 e. The molecular weight excluding hydrogens is 246 g/mol. The number of hydrogen-bond donors (Lipinski definition) is 1. The van der Waals surface area contributed by atoms with E-state index in [0.717, 1.165) is 18.9 Å². The van der Waals surface area contributed by atoms with Crippen LogP contribution in [0, 0.1) is 0 Å². The minimum atomic E-state index is 0.904. The lowest BCUT2D eigenvalue weighted by atomic mass is 10.2. The fraction of sp³-hybridized carbons (Fsp3) is 0.353. The number of aromatic nitrogens is 1. The van der Waals surface area contributed by atoms with Crippen molar-refractivity contribution in [1.29, 1.82) is 0 Å². The van der Waals surface area contributed by atoms with Crippen LogP contribution in [0.25, 0.3) is 0 Å². The van der Waals surface area contributed by atoms with Crippen LogP contribution in [0.1, 0.15) is 25.3 Å². The van der Waals surface area contributed by atoms with Crippen LogP contribution in [0.2, 0.25) is 0 Å². The van der Waals surface area contributed by atoms with Crippen LogP contribution in [-0.4, -0.2) is 18.6 Å². The van der Waals surface area contributed by atoms with Crippen molar-refractivity contribution in [2.24, 2.45) is 0 Å². The average molecular weight is 269 g/mol. The average Bonchev–Trinajstić information content (AvgIpc) is 2.53. The SMILES string of the molecule is CCCCN(Cc1ccc(NC)nc1)c1ccccc1. The van der Waals surface area contributed by atoms with Gasteiger partial charge in [0.15, 0.2) is 0 Å². The minimum absolute atomic E-state index is 0.904. The Bertz CT molecular complexity index is 493. The molecule has 1 heterocycles. The van der Waals surface area contributed by atoms with E-state index in [1.54, 1.807) is 0 Å². The summed E-state index contributed by atoms with van der Waals surface area (Å²) in [6, 6.07) is 14.8. The van der Waals surface area contributed by atoms with Gasteiger partial charge in [0.2, 0.25) is 0 Å². The molecule has 1 aromatic carbocycles. The molecule has 0 aliphatic heterocycles. The molecule has 2 aromatic rings. The third kappa shape index (κ3) is 3.98. The predicted molar refractivity (Wildman–Crippen MR) is 86.2 cm³/mol. The Morgan fingerprint density at radius 3 is 2.50 bits per heavy atom. The van der Waals surface area contributed by atoms with E-state index in [-0.39, 0.29) is 0 Å². The number of para-hydroxylation sites is 1. The molecule has 0 fully saturated rings. The highest BCUT2D eigenvalue weighted by Crippen LogP contribution is 2.17. The van der Waals surface area contributed by atoms with Gasteiger partial charge in [-0.3, -0.25) is 0 Å². The van der Waals surface area contributed by atoms with Gasteiger partial charge in [-0.2, -0.15) is 0 Å². The topological polar surface area (TPSA) is 28.2 Å². The fourth-order valence-electron chi connectivity index (χ4n) is 2.17. The van der Waals surface area contributed by atoms with Crippen LogP contribution in [-0.2, 0) is 6.54 Å². The first-order valence-electron chi connectivity index (χ1n) is 7.26. The van der Waals surface area contributed by atoms with Crippen LogP contribution in [0.4, 0.5) is 11.5 Å². The summed E-state index contributed by atoms with van der Waals surface area (Å²) in [4.78, 5) is 6.80. The molecule has 20 heavy (non-hydrogen) atoms. The molecule has 0 saturated heterocycles. The van der Waals surface area contributed by atoms with Crippen molar-refractivity contribution in [3.8, 4) is 0 Å². The molecule has 3 heteroatoms. The van der Waals surface area contributed by atoms with Crippen LogP contribution < -0.4 is 10.2 Å². The fourth-order valence-corrected chi connectivity index (χ4v) is 2.17. The first-order chi connectivity index (χ1) is 9.83. The van der Waals surface area contributed by atoms with E-state index in [1.807, 2.05) is 19.3 Å². The van der Waals surface area contributed by atoms with Crippen molar-refractivity contribution in [2.45, 2.75) is 26.3 Å². The molecule has 0 unspecified atom stereocenters. The van der Waals surface area contributed by atoms with Gasteiger partial charge in [0, 0.05) is 32.0 Å². The Kier molecular flexibility index (Phi) is 5.42. The molecule has 0 bridgehead atoms. The lowest BCUT2D eigenvalue weighted by Crippen LogP contribution is -2.23. The van der Waals surface area contributed by atoms with Crippen LogP contribution >= 0.6 is 0 Å². The standard InChI is InChI=1S/C17H23N3/c1-3-4-12-20(16-8-6-5-7-9-16)14-15-10-11-17(18-2)19-13-15/h5-11,13H,3-4,12,14H2,1-2H3,(H,18,19). The first kappa shape index (κ1) is 14.4. The van der Waals surface area contributed by atoms with E-state index in [1.165, 1.54) is 24.1 Å². The third-order valence-electron chi connectivity index (χ3n) is 3.36. The zero-order chi connectivity index (χ0) is 14.2. The molecule has 1 N–H and O–H groups in total. The van der Waals surface area contributed by atoms with Gasteiger partial charge in [0.25, 0.3) is 0 Å². The summed E-state index contributed by atoms with van der Waals surface area (Å²) in [5, 5.41) is 3.05. The number of anilines is 2. The van der Waals surface area contributed by atoms with E-state index >= 15 is 0 Å². The van der Waals surface area contributed by atoms with Crippen molar-refractivity contribution < 1.29 is 0 Å². The Morgan fingerprint density at radius 2 is 1.90 bits per heavy atom. The molecule has 0 atom stereocenters. The highest BCUT2D eigenvalue weighted by atomic mass is 15.1. The monoisotopic (exact) mass is 269 g/mol. The first-order valence-corrected chi connectivity index (χ1v) is 7.26. The maximum Gasteiger partial charge on any atom is 0.125 e. The molecule has 0 aliphatic rings. The van der Waals surface area contributed by atoms with Gasteiger partial charge >= 0.3 is 0 Å². The summed E-state index contributed by atoms with van der Waals surface area (Å²) < 4.78 is 0. The summed E-state index contributed by atoms with van der Waals surface area (Å²) in [5.74, 6) is 0.911. The Hall–Kier alpha value is -2.03. The van der Waals surface area contributed by atoms with Crippen molar-refractivity contribution in [1.82, 2.24) is 4.98 Å². The molecule has 0 saturated carbocycles. The van der Waals surface area contributed by atoms with E-state index in [0.29, 0.717) is 0 Å². The van der Waals surface area contributed by atoms with E-state index < -0.39 is 0 Å². The molecular formula is C17H23N3. The van der Waals surface area contributed by atoms with E-state index in [2.05, 4.69) is 58.5 Å². The summed E-state index contributed by atoms with van der Waals surface area (Å²) in [6.07, 6.45) is 4.37. The van der Waals surface area contributed by atoms with Crippen molar-refractivity contribution in [3.63, 3.8) is 0 Å². The number of hydrogen-bond acceptors (Lipinski definition) is 3. The second-order valence-electron chi connectivity index (χ2n) is 4.91. The van der Waals surface area contributed by atoms with Gasteiger partial charge in [-0.05, 0) is 30.2 Å². The Labute approximate surface area is 121 Å². The van der Waals surface area contributed by atoms with Crippen molar-refractivity contribution >= 4 is 11.5 Å². The van der Waals surface area contributed by atoms with Crippen molar-refractivity contribution in [2.75, 3.05) is 23.8 Å². The third-order valence-corrected chi connectivity index (χ3v) is 3.36. The highest BCUT2D eigenvalue weighted by molar-refractivity contribution is 5.47. The molecule has 0 radical (unpaired) electrons. The smallest absolute Gasteiger partial charge is 0.125 e. The van der Waals surface area contributed by atoms with E-state index in [4.69, 9.17) is 0 Å². The van der Waals surface area contributed by atoms with Gasteiger partial charge in [-0.1, -0.05) is 37.6 Å². The predicted octanol–water partition coefficient (Wildman–Crippen LogP) is 3.93. The van der Waals surface area contributed by atoms with Gasteiger partial charge < -0.3 is 10.2 Å². The molecule has 2 rings (SSSR count). The van der Waals surface area contributed by atoms with E-state index in [9.17, 15) is 0 Å². The molecule has 0 spiro atoms. The van der Waals surface area contributed by atoms with Gasteiger partial charge in [0.05, 0.1) is 0 Å². The quantitative estimate of drug-likeness (QED) is 0.825. The number of nitrogens with zero attached hydrogens (tertiary/aromatic N) is 2. The summed E-state index contributed by atoms with van der Waals surface area (Å²) in [7, 11) is 1.89. The highest BCUT2D eigenvalue weighted by Gasteiger charge is 2.07. The number of benzene rings is 1. The summed E-state index contributed by atoms with van der Waals surface area (Å²) in [6.45, 7) is 4.21. The lowest BCUT2D eigenvalue weighted by molar-refractivity contribution is 0.715. The zero-order valence-corrected chi connectivity index (χ0v) is 12.3. The van der Waals surface area contributed by atoms with Gasteiger partial charge in [0.1, 0.15) is 5.82 Å². The molecule has 0 amide bonds. The number of pyridine rings is 1. The maximum absolute atomic E-state index is 4.39. The van der Waals surface area contributed by atoms with Crippen LogP contribution in [0.5, 0.6) is 0 Å². The van der Waals surface area contributed by atoms with Gasteiger partial charge in [-0.15, -0.1) is 0 Å². The number of nitrogens with one attached hydrogen (secondary N) is 1. The molecule has 0 aliphatic carbocycles. The van der Waals surface area contributed by atoms with Crippen LogP contribution in [0.3, 0.4) is 0 Å². The summed E-state index contributed by atoms with van der Waals surface area (Å²) >= 11 is 0. The normalized spacial score (nSPS) is 10.3. The Balaban J connectivity index is 2.10. The number of rotatable bonds is 7. The van der Waals surface area contributed by atoms with Crippen molar-refractivity contribution in [3.05, 3.63) is 54.2 Å². The molecule has 3 nitrogen and oxygen atoms in total. The number of unbranched alkanes of at least 4 members (excludes halogenated alkanes) is 1. The second-order valence-corrected chi connectivity index (χ2v) is 4.91. The molecule has 1 aromatic heterocycles. The Morgan fingerprint density at radius 1 is 1.10 bits per heavy atom. The zero-order valence-electron chi connectivity index (χ0n) is 12.3. The second kappa shape index (κ2) is 7.53. The van der Waals surface area contributed by atoms with Gasteiger partial charge in [-0.25, -0.2) is 4.98 Å². The summed E-state index contributed by atoms with van der Waals surface area (Å²) in [5.41, 5.74) is 2.52. The molecule has 106 valence electrons. The lowest BCUT2D eigenvalue weighted by Gasteiger charge is -2.24.